The average Bonchev–Trinajstić information content (AvgIpc) is 3.66. The molecule has 16 nitrogen and oxygen atoms in total. The van der Waals surface area contributed by atoms with E-state index in [4.69, 9.17) is 24.0 Å². The standard InChI is InChI=1S/C49H55N7O9/c1-29-16-17-35-43(41(29)42-31(3)51-52(8)32(42)4)55(44(48(61)65-49(5,6)7)45(35)64-37-15-11-13-33-12-9-10-14-34(33)37)25-22-53-20-23-54(24-21-53)40(58)27-63-38-26-62-28-56(47(60)30(38)2)36-18-19-39(57)50-46(36)59/h9-17,26,36H,2,18-25,27-28H2,1,3-8H3,(H,50,57,59). The van der Waals surface area contributed by atoms with E-state index in [2.05, 4.69) is 29.8 Å². The second-order valence-electron chi connectivity index (χ2n) is 17.7. The summed E-state index contributed by atoms with van der Waals surface area (Å²) < 4.78 is 28.3. The van der Waals surface area contributed by atoms with E-state index in [-0.39, 0.29) is 43.4 Å². The van der Waals surface area contributed by atoms with Gasteiger partial charge in [-0.05, 0) is 71.0 Å². The Balaban J connectivity index is 1.04. The van der Waals surface area contributed by atoms with E-state index in [1.165, 1.54) is 11.2 Å². The molecule has 1 unspecified atom stereocenters. The number of nitrogens with zero attached hydrogens (tertiary/aromatic N) is 6. The van der Waals surface area contributed by atoms with E-state index < -0.39 is 35.3 Å². The maximum Gasteiger partial charge on any atom is 0.359 e. The van der Waals surface area contributed by atoms with Crippen LogP contribution in [0, 0.1) is 20.8 Å². The van der Waals surface area contributed by atoms with Crippen LogP contribution in [0.4, 0.5) is 0 Å². The Morgan fingerprint density at radius 2 is 1.66 bits per heavy atom. The van der Waals surface area contributed by atoms with Gasteiger partial charge in [0.25, 0.3) is 11.8 Å². The quantitative estimate of drug-likeness (QED) is 0.0933. The maximum atomic E-state index is 14.6. The molecule has 0 saturated carbocycles. The van der Waals surface area contributed by atoms with Crippen molar-refractivity contribution in [3.05, 3.63) is 101 Å². The van der Waals surface area contributed by atoms with E-state index in [1.54, 1.807) is 4.90 Å². The van der Waals surface area contributed by atoms with Crippen LogP contribution in [-0.4, -0.2) is 116 Å². The number of rotatable bonds is 11. The van der Waals surface area contributed by atoms with E-state index in [1.807, 2.05) is 99.4 Å². The summed E-state index contributed by atoms with van der Waals surface area (Å²) in [5.41, 5.74) is 5.09. The minimum atomic E-state index is -0.895. The Morgan fingerprint density at radius 1 is 0.923 bits per heavy atom. The van der Waals surface area contributed by atoms with Crippen molar-refractivity contribution in [2.24, 2.45) is 7.05 Å². The highest BCUT2D eigenvalue weighted by Gasteiger charge is 2.38. The third-order valence-electron chi connectivity index (χ3n) is 12.2. The molecule has 340 valence electrons. The van der Waals surface area contributed by atoms with Gasteiger partial charge in [0.1, 0.15) is 23.7 Å². The third kappa shape index (κ3) is 8.95. The molecule has 3 aliphatic heterocycles. The highest BCUT2D eigenvalue weighted by Crippen LogP contribution is 2.45. The van der Waals surface area contributed by atoms with E-state index in [0.29, 0.717) is 56.5 Å². The van der Waals surface area contributed by atoms with E-state index in [0.717, 1.165) is 49.8 Å². The Morgan fingerprint density at radius 3 is 2.37 bits per heavy atom. The summed E-state index contributed by atoms with van der Waals surface area (Å²) in [5.74, 6) is -1.35. The molecule has 0 radical (unpaired) electrons. The molecule has 2 saturated heterocycles. The summed E-state index contributed by atoms with van der Waals surface area (Å²) in [4.78, 5) is 70.7. The fourth-order valence-electron chi connectivity index (χ4n) is 8.85. The van der Waals surface area contributed by atoms with Crippen LogP contribution in [0.15, 0.2) is 78.8 Å². The largest absolute Gasteiger partial charge is 0.480 e. The second kappa shape index (κ2) is 17.9. The highest BCUT2D eigenvalue weighted by molar-refractivity contribution is 6.08. The summed E-state index contributed by atoms with van der Waals surface area (Å²) in [6.07, 6.45) is 1.47. The fourth-order valence-corrected chi connectivity index (χ4v) is 8.85. The molecule has 2 fully saturated rings. The molecule has 5 aromatic rings. The first-order chi connectivity index (χ1) is 31.0. The zero-order valence-corrected chi connectivity index (χ0v) is 38.0. The van der Waals surface area contributed by atoms with E-state index in [9.17, 15) is 24.0 Å². The number of aryl methyl sites for hydroxylation is 3. The number of amides is 4. The van der Waals surface area contributed by atoms with Crippen LogP contribution < -0.4 is 10.1 Å². The zero-order chi connectivity index (χ0) is 46.3. The van der Waals surface area contributed by atoms with Crippen LogP contribution in [0.1, 0.15) is 61.1 Å². The normalized spacial score (nSPS) is 17.5. The molecule has 4 amide bonds. The van der Waals surface area contributed by atoms with E-state index >= 15 is 0 Å². The number of piperidine rings is 1. The molecule has 0 bridgehead atoms. The number of piperazine rings is 1. The molecule has 3 aromatic carbocycles. The molecular formula is C49H55N7O9. The van der Waals surface area contributed by atoms with Crippen LogP contribution in [0.5, 0.6) is 11.5 Å². The first-order valence-corrected chi connectivity index (χ1v) is 21.8. The number of aromatic nitrogens is 3. The van der Waals surface area contributed by atoms with Crippen LogP contribution in [-0.2, 0) is 47.0 Å². The lowest BCUT2D eigenvalue weighted by Crippen LogP contribution is -2.54. The molecule has 3 aliphatic rings. The number of esters is 1. The van der Waals surface area contributed by atoms with Crippen LogP contribution in [0.3, 0.4) is 0 Å². The molecule has 65 heavy (non-hydrogen) atoms. The number of hydrogen-bond acceptors (Lipinski definition) is 11. The lowest BCUT2D eigenvalue weighted by atomic mass is 9.96. The van der Waals surface area contributed by atoms with Gasteiger partial charge in [-0.25, -0.2) is 4.79 Å². The topological polar surface area (TPSA) is 167 Å². The van der Waals surface area contributed by atoms with Crippen molar-refractivity contribution in [3.63, 3.8) is 0 Å². The van der Waals surface area contributed by atoms with Crippen molar-refractivity contribution in [2.75, 3.05) is 46.1 Å². The summed E-state index contributed by atoms with van der Waals surface area (Å²) in [5, 5.41) is 9.70. The Kier molecular flexibility index (Phi) is 12.3. The van der Waals surface area contributed by atoms with Gasteiger partial charge in [0.05, 0.1) is 16.8 Å². The minimum Gasteiger partial charge on any atom is -0.480 e. The first kappa shape index (κ1) is 44.7. The van der Waals surface area contributed by atoms with Gasteiger partial charge in [-0.3, -0.25) is 39.0 Å². The molecule has 2 aromatic heterocycles. The molecule has 0 aliphatic carbocycles. The number of fused-ring (bicyclic) bond motifs is 2. The van der Waals surface area contributed by atoms with Crippen molar-refractivity contribution in [1.29, 1.82) is 0 Å². The summed E-state index contributed by atoms with van der Waals surface area (Å²) >= 11 is 0. The van der Waals surface area contributed by atoms with Gasteiger partial charge in [0, 0.05) is 80.3 Å². The van der Waals surface area contributed by atoms with Crippen molar-refractivity contribution >= 4 is 51.3 Å². The summed E-state index contributed by atoms with van der Waals surface area (Å²) in [6, 6.07) is 17.0. The number of carbonyl (C=O) groups is 5. The number of benzene rings is 3. The molecule has 1 N–H and O–H groups in total. The predicted octanol–water partition coefficient (Wildman–Crippen LogP) is 6.05. The number of ether oxygens (including phenoxy) is 4. The Hall–Kier alpha value is -6.94. The van der Waals surface area contributed by atoms with Crippen LogP contribution >= 0.6 is 0 Å². The SMILES string of the molecule is C=C1C(=O)N(C2CCC(=O)NC2=O)COC=C1OCC(=O)N1CCN(CCn2c(C(=O)OC(C)(C)C)c(Oc3cccc4ccccc34)c3ccc(C)c(-c4c(C)nn(C)c4C)c32)CC1. The maximum absolute atomic E-state index is 14.6. The van der Waals surface area contributed by atoms with Gasteiger partial charge in [0.2, 0.25) is 11.8 Å². The molecule has 8 rings (SSSR count). The van der Waals surface area contributed by atoms with Crippen LogP contribution in [0.2, 0.25) is 0 Å². The van der Waals surface area contributed by atoms with Crippen molar-refractivity contribution in [1.82, 2.24) is 34.4 Å². The van der Waals surface area contributed by atoms with Gasteiger partial charge in [-0.2, -0.15) is 5.10 Å². The average molecular weight is 886 g/mol. The molecule has 0 spiro atoms. The van der Waals surface area contributed by atoms with Gasteiger partial charge in [-0.15, -0.1) is 0 Å². The minimum absolute atomic E-state index is 0.00778. The summed E-state index contributed by atoms with van der Waals surface area (Å²) in [7, 11) is 1.93. The lowest BCUT2D eigenvalue weighted by molar-refractivity contribution is -0.147. The van der Waals surface area contributed by atoms with Gasteiger partial charge in [-0.1, -0.05) is 49.0 Å². The Labute approximate surface area is 377 Å². The summed E-state index contributed by atoms with van der Waals surface area (Å²) in [6.45, 7) is 17.8. The van der Waals surface area contributed by atoms with Crippen molar-refractivity contribution in [2.45, 2.75) is 72.6 Å². The lowest BCUT2D eigenvalue weighted by Gasteiger charge is -2.35. The van der Waals surface area contributed by atoms with Gasteiger partial charge < -0.3 is 28.4 Å². The van der Waals surface area contributed by atoms with Crippen molar-refractivity contribution < 1.29 is 42.9 Å². The first-order valence-electron chi connectivity index (χ1n) is 21.8. The monoisotopic (exact) mass is 885 g/mol. The zero-order valence-electron chi connectivity index (χ0n) is 38.0. The van der Waals surface area contributed by atoms with Crippen LogP contribution in [0.25, 0.3) is 32.8 Å². The Bertz CT molecular complexity index is 2780. The highest BCUT2D eigenvalue weighted by atomic mass is 16.6. The molecule has 16 heteroatoms. The number of imide groups is 1. The second-order valence-corrected chi connectivity index (χ2v) is 17.7. The third-order valence-corrected chi connectivity index (χ3v) is 12.2. The molecule has 5 heterocycles. The molecular weight excluding hydrogens is 831 g/mol. The van der Waals surface area contributed by atoms with Crippen molar-refractivity contribution in [3.8, 4) is 22.6 Å². The predicted molar refractivity (Wildman–Crippen MR) is 243 cm³/mol. The smallest absolute Gasteiger partial charge is 0.359 e. The number of carbonyl (C=O) groups excluding carboxylic acids is 5. The van der Waals surface area contributed by atoms with Gasteiger partial charge in [0.15, 0.2) is 30.5 Å². The number of nitrogens with one attached hydrogen (secondary N) is 1. The van der Waals surface area contributed by atoms with Gasteiger partial charge >= 0.3 is 5.97 Å². The molecule has 1 atom stereocenters. The number of hydrogen-bond donors (Lipinski definition) is 1. The fraction of sp³-hybridized carbons (Fsp3) is 0.388.